The van der Waals surface area contributed by atoms with Crippen LogP contribution in [0.15, 0.2) is 24.3 Å². The molecule has 0 heterocycles. The molecule has 0 aromatic heterocycles. The average Bonchev–Trinajstić information content (AvgIpc) is 2.35. The molecular formula is C12H13F3N2O3. The normalized spacial score (nSPS) is 10.8. The highest BCUT2D eigenvalue weighted by Crippen LogP contribution is 2.16. The maximum atomic E-state index is 11.9. The predicted octanol–water partition coefficient (Wildman–Crippen LogP) is 2.50. The van der Waals surface area contributed by atoms with Crippen LogP contribution in [-0.4, -0.2) is 43.8 Å². The van der Waals surface area contributed by atoms with E-state index in [9.17, 15) is 22.8 Å². The van der Waals surface area contributed by atoms with Crippen molar-refractivity contribution in [2.75, 3.05) is 26.0 Å². The van der Waals surface area contributed by atoms with Gasteiger partial charge in [0.25, 0.3) is 5.91 Å². The number of halogens is 3. The zero-order valence-corrected chi connectivity index (χ0v) is 10.8. The van der Waals surface area contributed by atoms with Crippen LogP contribution in [0.4, 0.5) is 23.7 Å². The molecule has 0 saturated carbocycles. The highest BCUT2D eigenvalue weighted by Gasteiger charge is 2.29. The number of alkyl halides is 3. The van der Waals surface area contributed by atoms with Gasteiger partial charge < -0.3 is 9.64 Å². The monoisotopic (exact) mass is 290 g/mol. The molecule has 0 unspecified atom stereocenters. The quantitative estimate of drug-likeness (QED) is 0.930. The third-order valence-corrected chi connectivity index (χ3v) is 2.13. The summed E-state index contributed by atoms with van der Waals surface area (Å²) in [4.78, 5) is 24.2. The van der Waals surface area contributed by atoms with Gasteiger partial charge in [-0.2, -0.15) is 13.2 Å². The van der Waals surface area contributed by atoms with Crippen LogP contribution >= 0.6 is 0 Å². The molecule has 1 aromatic carbocycles. The van der Waals surface area contributed by atoms with Gasteiger partial charge in [-0.15, -0.1) is 0 Å². The first-order valence-corrected chi connectivity index (χ1v) is 5.51. The first-order chi connectivity index (χ1) is 9.19. The lowest BCUT2D eigenvalue weighted by Gasteiger charge is -2.12. The molecule has 0 aliphatic carbocycles. The SMILES string of the molecule is CN(C)C(=O)c1cccc(NC(=O)OCC(F)(F)F)c1. The molecular weight excluding hydrogens is 277 g/mol. The van der Waals surface area contributed by atoms with Crippen molar-refractivity contribution in [3.05, 3.63) is 29.8 Å². The Hall–Kier alpha value is -2.25. The number of carbonyl (C=O) groups excluding carboxylic acids is 2. The van der Waals surface area contributed by atoms with Crippen molar-refractivity contribution in [3.8, 4) is 0 Å². The second-order valence-corrected chi connectivity index (χ2v) is 4.10. The average molecular weight is 290 g/mol. The Morgan fingerprint density at radius 2 is 1.95 bits per heavy atom. The van der Waals surface area contributed by atoms with Crippen LogP contribution < -0.4 is 5.32 Å². The maximum absolute atomic E-state index is 11.9. The summed E-state index contributed by atoms with van der Waals surface area (Å²) in [6.07, 6.45) is -5.82. The van der Waals surface area contributed by atoms with Gasteiger partial charge in [-0.25, -0.2) is 4.79 Å². The van der Waals surface area contributed by atoms with Crippen LogP contribution in [0, 0.1) is 0 Å². The van der Waals surface area contributed by atoms with Gasteiger partial charge in [0.05, 0.1) is 0 Å². The van der Waals surface area contributed by atoms with Crippen molar-refractivity contribution in [2.45, 2.75) is 6.18 Å². The molecule has 0 aliphatic heterocycles. The van der Waals surface area contributed by atoms with Crippen LogP contribution in [0.5, 0.6) is 0 Å². The first-order valence-electron chi connectivity index (χ1n) is 5.51. The van der Waals surface area contributed by atoms with Gasteiger partial charge in [0, 0.05) is 25.3 Å². The Balaban J connectivity index is 2.67. The maximum Gasteiger partial charge on any atom is 0.422 e. The van der Waals surface area contributed by atoms with Crippen LogP contribution in [0.1, 0.15) is 10.4 Å². The van der Waals surface area contributed by atoms with Crippen molar-refractivity contribution in [2.24, 2.45) is 0 Å². The number of hydrogen-bond donors (Lipinski definition) is 1. The van der Waals surface area contributed by atoms with E-state index in [1.54, 1.807) is 14.1 Å². The van der Waals surface area contributed by atoms with Gasteiger partial charge >= 0.3 is 12.3 Å². The summed E-state index contributed by atoms with van der Waals surface area (Å²) in [6, 6.07) is 5.79. The van der Waals surface area contributed by atoms with E-state index >= 15 is 0 Å². The van der Waals surface area contributed by atoms with Crippen molar-refractivity contribution < 1.29 is 27.5 Å². The molecule has 1 rings (SSSR count). The number of hydrogen-bond acceptors (Lipinski definition) is 3. The van der Waals surface area contributed by atoms with E-state index < -0.39 is 18.9 Å². The second kappa shape index (κ2) is 6.27. The molecule has 0 spiro atoms. The predicted molar refractivity (Wildman–Crippen MR) is 65.5 cm³/mol. The van der Waals surface area contributed by atoms with Gasteiger partial charge in [0.15, 0.2) is 6.61 Å². The second-order valence-electron chi connectivity index (χ2n) is 4.10. The number of nitrogens with one attached hydrogen (secondary N) is 1. The van der Waals surface area contributed by atoms with E-state index in [0.29, 0.717) is 5.56 Å². The molecule has 2 amide bonds. The molecule has 0 atom stereocenters. The number of rotatable bonds is 3. The summed E-state index contributed by atoms with van der Waals surface area (Å²) in [6.45, 7) is -1.67. The van der Waals surface area contributed by atoms with Gasteiger partial charge in [-0.05, 0) is 18.2 Å². The van der Waals surface area contributed by atoms with Crippen molar-refractivity contribution in [3.63, 3.8) is 0 Å². The molecule has 0 aliphatic rings. The fourth-order valence-electron chi connectivity index (χ4n) is 1.29. The molecule has 0 saturated heterocycles. The smallest absolute Gasteiger partial charge is 0.422 e. The summed E-state index contributed by atoms with van der Waals surface area (Å²) < 4.78 is 39.6. The zero-order chi connectivity index (χ0) is 15.3. The van der Waals surface area contributed by atoms with E-state index in [4.69, 9.17) is 0 Å². The summed E-state index contributed by atoms with van der Waals surface area (Å²) in [5.74, 6) is -0.294. The highest BCUT2D eigenvalue weighted by molar-refractivity contribution is 5.95. The molecule has 110 valence electrons. The third kappa shape index (κ3) is 5.17. The van der Waals surface area contributed by atoms with Gasteiger partial charge in [0.1, 0.15) is 0 Å². The fraction of sp³-hybridized carbons (Fsp3) is 0.333. The topological polar surface area (TPSA) is 58.6 Å². The standard InChI is InChI=1S/C12H13F3N2O3/c1-17(2)10(18)8-4-3-5-9(6-8)16-11(19)20-7-12(13,14)15/h3-6H,7H2,1-2H3,(H,16,19). The molecule has 0 fully saturated rings. The van der Waals surface area contributed by atoms with Crippen molar-refractivity contribution in [1.29, 1.82) is 0 Å². The van der Waals surface area contributed by atoms with Crippen molar-refractivity contribution >= 4 is 17.7 Å². The van der Waals surface area contributed by atoms with E-state index in [1.807, 2.05) is 0 Å². The lowest BCUT2D eigenvalue weighted by atomic mass is 10.2. The van der Waals surface area contributed by atoms with Crippen LogP contribution in [0.25, 0.3) is 0 Å². The number of benzene rings is 1. The van der Waals surface area contributed by atoms with E-state index in [-0.39, 0.29) is 11.6 Å². The van der Waals surface area contributed by atoms with Gasteiger partial charge in [-0.3, -0.25) is 10.1 Å². The molecule has 20 heavy (non-hydrogen) atoms. The van der Waals surface area contributed by atoms with Gasteiger partial charge in [0.2, 0.25) is 0 Å². The van der Waals surface area contributed by atoms with Gasteiger partial charge in [-0.1, -0.05) is 6.07 Å². The molecule has 1 N–H and O–H groups in total. The minimum Gasteiger partial charge on any atom is -0.440 e. The Morgan fingerprint density at radius 1 is 1.30 bits per heavy atom. The first kappa shape index (κ1) is 15.8. The summed E-state index contributed by atoms with van der Waals surface area (Å²) >= 11 is 0. The Morgan fingerprint density at radius 3 is 2.50 bits per heavy atom. The number of ether oxygens (including phenoxy) is 1. The summed E-state index contributed by atoms with van der Waals surface area (Å²) in [5.41, 5.74) is 0.466. The zero-order valence-electron chi connectivity index (χ0n) is 10.8. The molecule has 0 radical (unpaired) electrons. The Bertz CT molecular complexity index is 501. The number of anilines is 1. The lowest BCUT2D eigenvalue weighted by molar-refractivity contribution is -0.159. The third-order valence-electron chi connectivity index (χ3n) is 2.13. The van der Waals surface area contributed by atoms with Crippen LogP contribution in [-0.2, 0) is 4.74 Å². The number of nitrogens with zero attached hydrogens (tertiary/aromatic N) is 1. The number of carbonyl (C=O) groups is 2. The number of amides is 2. The minimum absolute atomic E-state index is 0.171. The molecule has 5 nitrogen and oxygen atoms in total. The Kier molecular flexibility index (Phi) is 4.95. The van der Waals surface area contributed by atoms with E-state index in [1.165, 1.54) is 29.2 Å². The summed E-state index contributed by atoms with van der Waals surface area (Å²) in [7, 11) is 3.11. The van der Waals surface area contributed by atoms with E-state index in [2.05, 4.69) is 10.1 Å². The lowest BCUT2D eigenvalue weighted by Crippen LogP contribution is -2.24. The molecule has 8 heteroatoms. The van der Waals surface area contributed by atoms with Crippen LogP contribution in [0.2, 0.25) is 0 Å². The molecule has 0 bridgehead atoms. The summed E-state index contributed by atoms with van der Waals surface area (Å²) in [5, 5.41) is 2.12. The van der Waals surface area contributed by atoms with Crippen LogP contribution in [0.3, 0.4) is 0 Å². The largest absolute Gasteiger partial charge is 0.440 e. The van der Waals surface area contributed by atoms with E-state index in [0.717, 1.165) is 0 Å². The Labute approximate surface area is 113 Å². The highest BCUT2D eigenvalue weighted by atomic mass is 19.4. The minimum atomic E-state index is -4.58. The van der Waals surface area contributed by atoms with Crippen molar-refractivity contribution in [1.82, 2.24) is 4.90 Å². The fourth-order valence-corrected chi connectivity index (χ4v) is 1.29. The molecule has 1 aromatic rings.